The number of carbonyl (C=O) groups excluding carboxylic acids is 1. The van der Waals surface area contributed by atoms with E-state index in [2.05, 4.69) is 15.4 Å². The second kappa shape index (κ2) is 7.92. The number of thiazole rings is 1. The van der Waals surface area contributed by atoms with Crippen molar-refractivity contribution in [1.82, 2.24) is 14.8 Å². The Morgan fingerprint density at radius 3 is 2.52 bits per heavy atom. The van der Waals surface area contributed by atoms with Crippen molar-refractivity contribution in [2.75, 3.05) is 19.5 Å². The molecule has 0 aliphatic carbocycles. The van der Waals surface area contributed by atoms with E-state index in [9.17, 15) is 4.79 Å². The Morgan fingerprint density at radius 1 is 1.07 bits per heavy atom. The average Bonchev–Trinajstić information content (AvgIpc) is 3.30. The number of benzene rings is 2. The summed E-state index contributed by atoms with van der Waals surface area (Å²) in [4.78, 5) is 17.2. The predicted octanol–water partition coefficient (Wildman–Crippen LogP) is 3.99. The summed E-state index contributed by atoms with van der Waals surface area (Å²) in [6.07, 6.45) is 0.255. The van der Waals surface area contributed by atoms with Crippen LogP contribution in [0.3, 0.4) is 0 Å². The third kappa shape index (κ3) is 4.07. The maximum Gasteiger partial charge on any atom is 0.229 e. The molecule has 0 saturated heterocycles. The molecule has 0 unspecified atom stereocenters. The molecule has 0 spiro atoms. The number of hydrogen-bond donors (Lipinski definition) is 1. The molecule has 0 atom stereocenters. The molecule has 8 heteroatoms. The summed E-state index contributed by atoms with van der Waals surface area (Å²) < 4.78 is 13.1. The summed E-state index contributed by atoms with van der Waals surface area (Å²) in [5.41, 5.74) is 2.52. The molecule has 0 fully saturated rings. The minimum atomic E-state index is -0.126. The number of methoxy groups -OCH3 is 2. The lowest BCUT2D eigenvalue weighted by Crippen LogP contribution is -2.17. The first-order valence-electron chi connectivity index (χ1n) is 9.00. The van der Waals surface area contributed by atoms with Gasteiger partial charge in [0.05, 0.1) is 36.6 Å². The summed E-state index contributed by atoms with van der Waals surface area (Å²) in [6.45, 7) is 1.88. The fourth-order valence-corrected chi connectivity index (χ4v) is 3.87. The lowest BCUT2D eigenvalue weighted by molar-refractivity contribution is -0.115. The maximum atomic E-state index is 12.6. The third-order valence-corrected chi connectivity index (χ3v) is 5.40. The van der Waals surface area contributed by atoms with Crippen LogP contribution in [0, 0.1) is 6.92 Å². The number of fused-ring (bicyclic) bond motifs is 1. The first kappa shape index (κ1) is 18.9. The molecule has 2 aromatic heterocycles. The molecule has 0 radical (unpaired) electrons. The molecule has 1 amide bonds. The summed E-state index contributed by atoms with van der Waals surface area (Å²) in [5.74, 6) is 1.97. The topological polar surface area (TPSA) is 78.3 Å². The molecule has 2 aromatic carbocycles. The van der Waals surface area contributed by atoms with Gasteiger partial charge in [-0.15, -0.1) is 0 Å². The van der Waals surface area contributed by atoms with Crippen LogP contribution in [0.4, 0.5) is 5.82 Å². The molecular weight excluding hydrogens is 388 g/mol. The Labute approximate surface area is 171 Å². The van der Waals surface area contributed by atoms with Gasteiger partial charge < -0.3 is 14.8 Å². The van der Waals surface area contributed by atoms with Crippen molar-refractivity contribution in [2.45, 2.75) is 13.3 Å². The van der Waals surface area contributed by atoms with E-state index in [0.717, 1.165) is 33.0 Å². The molecule has 4 aromatic rings. The minimum Gasteiger partial charge on any atom is -0.497 e. The van der Waals surface area contributed by atoms with Gasteiger partial charge in [-0.2, -0.15) is 9.78 Å². The van der Waals surface area contributed by atoms with E-state index in [1.165, 1.54) is 11.3 Å². The number of ether oxygens (including phenoxy) is 2. The molecule has 1 N–H and O–H groups in total. The molecule has 2 heterocycles. The average molecular weight is 408 g/mol. The molecule has 0 bridgehead atoms. The van der Waals surface area contributed by atoms with Crippen molar-refractivity contribution in [2.24, 2.45) is 0 Å². The number of anilines is 1. The van der Waals surface area contributed by atoms with Crippen molar-refractivity contribution in [3.05, 3.63) is 59.8 Å². The second-order valence-corrected chi connectivity index (χ2v) is 7.49. The minimum absolute atomic E-state index is 0.126. The maximum absolute atomic E-state index is 12.6. The van der Waals surface area contributed by atoms with E-state index < -0.39 is 0 Å². The number of aromatic nitrogens is 3. The molecule has 29 heavy (non-hydrogen) atoms. The van der Waals surface area contributed by atoms with E-state index in [1.807, 2.05) is 55.5 Å². The highest BCUT2D eigenvalue weighted by Crippen LogP contribution is 2.29. The van der Waals surface area contributed by atoms with Crippen LogP contribution in [0.15, 0.2) is 48.5 Å². The van der Waals surface area contributed by atoms with Crippen molar-refractivity contribution in [3.8, 4) is 16.6 Å². The molecule has 148 valence electrons. The number of carbonyl (C=O) groups is 1. The van der Waals surface area contributed by atoms with Crippen molar-refractivity contribution in [1.29, 1.82) is 0 Å². The number of nitrogens with one attached hydrogen (secondary N) is 1. The summed E-state index contributed by atoms with van der Waals surface area (Å²) in [5, 5.41) is 8.13. The van der Waals surface area contributed by atoms with Gasteiger partial charge in [0, 0.05) is 12.1 Å². The van der Waals surface area contributed by atoms with Gasteiger partial charge in [0.15, 0.2) is 0 Å². The van der Waals surface area contributed by atoms with Crippen LogP contribution in [0.5, 0.6) is 11.5 Å². The van der Waals surface area contributed by atoms with Crippen LogP contribution < -0.4 is 14.8 Å². The fourth-order valence-electron chi connectivity index (χ4n) is 2.96. The monoisotopic (exact) mass is 408 g/mol. The van der Waals surface area contributed by atoms with Crippen LogP contribution in [-0.2, 0) is 11.2 Å². The number of aryl methyl sites for hydroxylation is 1. The van der Waals surface area contributed by atoms with Crippen LogP contribution in [0.25, 0.3) is 15.3 Å². The fraction of sp³-hybridized carbons (Fsp3) is 0.190. The third-order valence-electron chi connectivity index (χ3n) is 4.39. The van der Waals surface area contributed by atoms with Crippen LogP contribution in [0.2, 0.25) is 0 Å². The SMILES string of the molecule is COc1ccc(CC(=O)Nc2cc(C)nn2-c2nc3cc(OC)ccc3s2)cc1. The summed E-state index contributed by atoms with van der Waals surface area (Å²) in [6, 6.07) is 15.0. The highest BCUT2D eigenvalue weighted by atomic mass is 32.1. The standard InChI is InChI=1S/C21H20N4O3S/c1-13-10-19(23-20(26)11-14-4-6-15(27-2)7-5-14)25(24-13)21-22-17-12-16(28-3)8-9-18(17)29-21/h4-10,12H,11H2,1-3H3,(H,23,26). The van der Waals surface area contributed by atoms with E-state index >= 15 is 0 Å². The van der Waals surface area contributed by atoms with Crippen molar-refractivity contribution >= 4 is 33.3 Å². The number of hydrogen-bond acceptors (Lipinski definition) is 6. The lowest BCUT2D eigenvalue weighted by Gasteiger charge is -2.07. The van der Waals surface area contributed by atoms with Gasteiger partial charge in [-0.3, -0.25) is 4.79 Å². The van der Waals surface area contributed by atoms with E-state index in [0.29, 0.717) is 10.9 Å². The smallest absolute Gasteiger partial charge is 0.229 e. The Morgan fingerprint density at radius 2 is 1.79 bits per heavy atom. The molecule has 0 aliphatic heterocycles. The Balaban J connectivity index is 1.57. The van der Waals surface area contributed by atoms with Gasteiger partial charge in [-0.1, -0.05) is 23.5 Å². The van der Waals surface area contributed by atoms with Crippen LogP contribution in [0.1, 0.15) is 11.3 Å². The molecular formula is C21H20N4O3S. The number of rotatable bonds is 6. The zero-order valence-electron chi connectivity index (χ0n) is 16.3. The van der Waals surface area contributed by atoms with E-state index in [-0.39, 0.29) is 12.3 Å². The Hall–Kier alpha value is -3.39. The van der Waals surface area contributed by atoms with Gasteiger partial charge in [0.2, 0.25) is 11.0 Å². The van der Waals surface area contributed by atoms with Gasteiger partial charge in [-0.05, 0) is 36.8 Å². The second-order valence-electron chi connectivity index (χ2n) is 6.49. The lowest BCUT2D eigenvalue weighted by atomic mass is 10.1. The first-order chi connectivity index (χ1) is 14.1. The zero-order chi connectivity index (χ0) is 20.4. The Kier molecular flexibility index (Phi) is 5.18. The van der Waals surface area contributed by atoms with Gasteiger partial charge >= 0.3 is 0 Å². The van der Waals surface area contributed by atoms with Gasteiger partial charge in [0.25, 0.3) is 0 Å². The summed E-state index contributed by atoms with van der Waals surface area (Å²) in [7, 11) is 3.24. The first-order valence-corrected chi connectivity index (χ1v) is 9.82. The van der Waals surface area contributed by atoms with E-state index in [1.54, 1.807) is 18.9 Å². The zero-order valence-corrected chi connectivity index (χ0v) is 17.1. The normalized spacial score (nSPS) is 10.9. The van der Waals surface area contributed by atoms with Gasteiger partial charge in [-0.25, -0.2) is 4.98 Å². The number of amides is 1. The quantitative estimate of drug-likeness (QED) is 0.522. The molecule has 0 saturated carbocycles. The largest absolute Gasteiger partial charge is 0.497 e. The number of nitrogens with zero attached hydrogens (tertiary/aromatic N) is 3. The highest BCUT2D eigenvalue weighted by Gasteiger charge is 2.15. The predicted molar refractivity (Wildman–Crippen MR) is 113 cm³/mol. The van der Waals surface area contributed by atoms with Crippen molar-refractivity contribution < 1.29 is 14.3 Å². The molecule has 0 aliphatic rings. The van der Waals surface area contributed by atoms with E-state index in [4.69, 9.17) is 9.47 Å². The highest BCUT2D eigenvalue weighted by molar-refractivity contribution is 7.20. The summed E-state index contributed by atoms with van der Waals surface area (Å²) >= 11 is 1.50. The van der Waals surface area contributed by atoms with Gasteiger partial charge in [0.1, 0.15) is 17.3 Å². The molecule has 4 rings (SSSR count). The van der Waals surface area contributed by atoms with Crippen LogP contribution >= 0.6 is 11.3 Å². The Bertz CT molecular complexity index is 1160. The molecule has 7 nitrogen and oxygen atoms in total. The van der Waals surface area contributed by atoms with Crippen molar-refractivity contribution in [3.63, 3.8) is 0 Å². The van der Waals surface area contributed by atoms with Crippen LogP contribution in [-0.4, -0.2) is 34.9 Å².